The summed E-state index contributed by atoms with van der Waals surface area (Å²) in [5, 5.41) is 3.43. The molecule has 1 aromatic heterocycles. The van der Waals surface area contributed by atoms with Gasteiger partial charge in [-0.2, -0.15) is 4.98 Å². The van der Waals surface area contributed by atoms with Crippen LogP contribution in [0.1, 0.15) is 0 Å². The van der Waals surface area contributed by atoms with Crippen LogP contribution in [0.4, 0.5) is 14.5 Å². The molecule has 106 valence electrons. The highest BCUT2D eigenvalue weighted by Crippen LogP contribution is 2.28. The molecule has 0 unspecified atom stereocenters. The lowest BCUT2D eigenvalue weighted by Crippen LogP contribution is -1.89. The summed E-state index contributed by atoms with van der Waals surface area (Å²) in [7, 11) is 0. The Bertz CT molecular complexity index is 802. The Kier molecular flexibility index (Phi) is 3.31. The summed E-state index contributed by atoms with van der Waals surface area (Å²) in [4.78, 5) is 4.04. The lowest BCUT2D eigenvalue weighted by molar-refractivity contribution is 0.429. The van der Waals surface area contributed by atoms with Gasteiger partial charge in [0, 0.05) is 11.3 Å². The molecular formula is C14H8ClF2N3O. The number of nitrogens with zero attached hydrogens (tertiary/aromatic N) is 2. The minimum absolute atomic E-state index is 0.130. The second kappa shape index (κ2) is 5.14. The van der Waals surface area contributed by atoms with E-state index in [1.165, 1.54) is 0 Å². The van der Waals surface area contributed by atoms with Gasteiger partial charge in [-0.1, -0.05) is 16.8 Å². The summed E-state index contributed by atoms with van der Waals surface area (Å²) in [6, 6.07) is 8.52. The van der Waals surface area contributed by atoms with Crippen molar-refractivity contribution >= 4 is 17.3 Å². The van der Waals surface area contributed by atoms with Crippen LogP contribution in [0.5, 0.6) is 0 Å². The van der Waals surface area contributed by atoms with E-state index in [1.807, 2.05) is 0 Å². The Morgan fingerprint density at radius 3 is 2.48 bits per heavy atom. The molecule has 0 saturated carbocycles. The highest BCUT2D eigenvalue weighted by molar-refractivity contribution is 6.30. The van der Waals surface area contributed by atoms with Crippen molar-refractivity contribution in [2.45, 2.75) is 0 Å². The van der Waals surface area contributed by atoms with Crippen molar-refractivity contribution in [3.05, 3.63) is 53.1 Å². The monoisotopic (exact) mass is 307 g/mol. The van der Waals surface area contributed by atoms with Gasteiger partial charge in [-0.25, -0.2) is 8.78 Å². The predicted molar refractivity (Wildman–Crippen MR) is 74.5 cm³/mol. The minimum atomic E-state index is -0.764. The minimum Gasteiger partial charge on any atom is -0.399 e. The van der Waals surface area contributed by atoms with Crippen LogP contribution in [-0.4, -0.2) is 10.1 Å². The summed E-state index contributed by atoms with van der Waals surface area (Å²) in [5.74, 6) is -1.39. The van der Waals surface area contributed by atoms with E-state index in [4.69, 9.17) is 21.9 Å². The zero-order valence-electron chi connectivity index (χ0n) is 10.5. The maximum absolute atomic E-state index is 13.8. The zero-order chi connectivity index (χ0) is 15.0. The Labute approximate surface area is 123 Å². The van der Waals surface area contributed by atoms with E-state index >= 15 is 0 Å². The summed E-state index contributed by atoms with van der Waals surface area (Å²) >= 11 is 5.50. The van der Waals surface area contributed by atoms with Crippen molar-refractivity contribution in [3.8, 4) is 22.8 Å². The van der Waals surface area contributed by atoms with Crippen LogP contribution < -0.4 is 5.73 Å². The molecule has 2 N–H and O–H groups in total. The van der Waals surface area contributed by atoms with Crippen LogP contribution in [0.15, 0.2) is 40.9 Å². The van der Waals surface area contributed by atoms with E-state index in [9.17, 15) is 8.78 Å². The molecule has 0 fully saturated rings. The first-order valence-corrected chi connectivity index (χ1v) is 6.27. The zero-order valence-corrected chi connectivity index (χ0v) is 11.2. The Balaban J connectivity index is 2.02. The van der Waals surface area contributed by atoms with Crippen LogP contribution >= 0.6 is 11.6 Å². The standard InChI is InChI=1S/C14H8ClF2N3O/c15-10-6-11(16)9(5-12(10)17)14-19-13(20-21-14)7-1-3-8(18)4-2-7/h1-6H,18H2. The Morgan fingerprint density at radius 2 is 1.76 bits per heavy atom. The largest absolute Gasteiger partial charge is 0.399 e. The van der Waals surface area contributed by atoms with Crippen LogP contribution in [0.3, 0.4) is 0 Å². The molecule has 0 amide bonds. The smallest absolute Gasteiger partial charge is 0.261 e. The van der Waals surface area contributed by atoms with Gasteiger partial charge in [-0.3, -0.25) is 0 Å². The average molecular weight is 308 g/mol. The summed E-state index contributed by atoms with van der Waals surface area (Å²) in [5.41, 5.74) is 6.67. The SMILES string of the molecule is Nc1ccc(-c2noc(-c3cc(F)c(Cl)cc3F)n2)cc1. The summed E-state index contributed by atoms with van der Waals surface area (Å²) in [6.07, 6.45) is 0. The number of halogens is 3. The molecule has 0 saturated heterocycles. The lowest BCUT2D eigenvalue weighted by Gasteiger charge is -1.99. The van der Waals surface area contributed by atoms with E-state index in [-0.39, 0.29) is 22.3 Å². The maximum Gasteiger partial charge on any atom is 0.261 e. The fraction of sp³-hybridized carbons (Fsp3) is 0. The number of nitrogens with two attached hydrogens (primary N) is 1. The molecule has 1 heterocycles. The van der Waals surface area contributed by atoms with E-state index in [0.717, 1.165) is 12.1 Å². The molecule has 21 heavy (non-hydrogen) atoms. The third kappa shape index (κ3) is 2.57. The van der Waals surface area contributed by atoms with Gasteiger partial charge >= 0.3 is 0 Å². The molecule has 0 spiro atoms. The molecule has 0 aliphatic carbocycles. The first-order valence-electron chi connectivity index (χ1n) is 5.89. The molecule has 0 radical (unpaired) electrons. The predicted octanol–water partition coefficient (Wildman–Crippen LogP) is 3.92. The van der Waals surface area contributed by atoms with Crippen molar-refractivity contribution in [1.82, 2.24) is 10.1 Å². The number of aromatic nitrogens is 2. The van der Waals surface area contributed by atoms with Crippen molar-refractivity contribution in [2.24, 2.45) is 0 Å². The second-order valence-electron chi connectivity index (χ2n) is 4.29. The molecule has 0 aliphatic heterocycles. The third-order valence-corrected chi connectivity index (χ3v) is 3.12. The van der Waals surface area contributed by atoms with Gasteiger partial charge in [0.15, 0.2) is 0 Å². The molecule has 3 rings (SSSR count). The maximum atomic E-state index is 13.8. The van der Waals surface area contributed by atoms with Gasteiger partial charge in [0.05, 0.1) is 10.6 Å². The van der Waals surface area contributed by atoms with Crippen molar-refractivity contribution in [2.75, 3.05) is 5.73 Å². The van der Waals surface area contributed by atoms with Crippen molar-refractivity contribution in [1.29, 1.82) is 0 Å². The molecule has 3 aromatic rings. The number of benzene rings is 2. The van der Waals surface area contributed by atoms with Gasteiger partial charge in [0.1, 0.15) is 11.6 Å². The van der Waals surface area contributed by atoms with Gasteiger partial charge in [0.25, 0.3) is 5.89 Å². The first kappa shape index (κ1) is 13.5. The first-order chi connectivity index (χ1) is 10.0. The fourth-order valence-corrected chi connectivity index (χ4v) is 1.92. The van der Waals surface area contributed by atoms with E-state index in [2.05, 4.69) is 10.1 Å². The number of rotatable bonds is 2. The summed E-state index contributed by atoms with van der Waals surface area (Å²) < 4.78 is 32.2. The number of hydrogen-bond acceptors (Lipinski definition) is 4. The molecule has 0 aliphatic rings. The van der Waals surface area contributed by atoms with E-state index in [1.54, 1.807) is 24.3 Å². The molecule has 7 heteroatoms. The van der Waals surface area contributed by atoms with Crippen LogP contribution in [-0.2, 0) is 0 Å². The van der Waals surface area contributed by atoms with Gasteiger partial charge in [-0.15, -0.1) is 0 Å². The number of nitrogen functional groups attached to an aromatic ring is 1. The number of hydrogen-bond donors (Lipinski definition) is 1. The Hall–Kier alpha value is -2.47. The highest BCUT2D eigenvalue weighted by Gasteiger charge is 2.17. The highest BCUT2D eigenvalue weighted by atomic mass is 35.5. The molecule has 4 nitrogen and oxygen atoms in total. The van der Waals surface area contributed by atoms with Crippen LogP contribution in [0, 0.1) is 11.6 Å². The van der Waals surface area contributed by atoms with Gasteiger partial charge in [-0.05, 0) is 36.4 Å². The molecule has 2 aromatic carbocycles. The summed E-state index contributed by atoms with van der Waals surface area (Å²) in [6.45, 7) is 0. The third-order valence-electron chi connectivity index (χ3n) is 2.84. The van der Waals surface area contributed by atoms with Crippen molar-refractivity contribution in [3.63, 3.8) is 0 Å². The van der Waals surface area contributed by atoms with Crippen LogP contribution in [0.2, 0.25) is 5.02 Å². The quantitative estimate of drug-likeness (QED) is 0.575. The molecular weight excluding hydrogens is 300 g/mol. The van der Waals surface area contributed by atoms with Crippen molar-refractivity contribution < 1.29 is 13.3 Å². The average Bonchev–Trinajstić information content (AvgIpc) is 2.93. The fourth-order valence-electron chi connectivity index (χ4n) is 1.77. The van der Waals surface area contributed by atoms with Gasteiger partial charge in [0.2, 0.25) is 5.82 Å². The van der Waals surface area contributed by atoms with Gasteiger partial charge < -0.3 is 10.3 Å². The number of anilines is 1. The lowest BCUT2D eigenvalue weighted by atomic mass is 10.2. The Morgan fingerprint density at radius 1 is 1.05 bits per heavy atom. The normalized spacial score (nSPS) is 10.8. The topological polar surface area (TPSA) is 64.9 Å². The van der Waals surface area contributed by atoms with Crippen LogP contribution in [0.25, 0.3) is 22.8 Å². The second-order valence-corrected chi connectivity index (χ2v) is 4.70. The van der Waals surface area contributed by atoms with E-state index < -0.39 is 11.6 Å². The molecule has 0 bridgehead atoms. The molecule has 0 atom stereocenters. The van der Waals surface area contributed by atoms with E-state index in [0.29, 0.717) is 11.3 Å².